The Kier molecular flexibility index (Phi) is 6.89. The number of hydrogen-bond donors (Lipinski definition) is 0. The van der Waals surface area contributed by atoms with Gasteiger partial charge in [-0.1, -0.05) is 31.4 Å². The van der Waals surface area contributed by atoms with Crippen molar-refractivity contribution in [1.82, 2.24) is 14.5 Å². The first kappa shape index (κ1) is 24.1. The number of aryl methyl sites for hydroxylation is 1. The summed E-state index contributed by atoms with van der Waals surface area (Å²) in [4.78, 5) is 33.3. The van der Waals surface area contributed by atoms with Crippen LogP contribution in [0.4, 0.5) is 0 Å². The molecule has 2 aliphatic carbocycles. The molecule has 6 rings (SSSR count). The SMILES string of the molecule is CCOC(=O)CCCc1nc2ccccc2n(C2C[C@H]3CC[C@@H](C2)N3C2CC3CCCC(C3)C2)c1=O. The molecule has 36 heavy (non-hydrogen) atoms. The Bertz CT molecular complexity index is 1130. The molecule has 2 saturated carbocycles. The van der Waals surface area contributed by atoms with Crippen LogP contribution in [0.3, 0.4) is 0 Å². The Hall–Kier alpha value is -2.21. The van der Waals surface area contributed by atoms with Crippen LogP contribution in [0.2, 0.25) is 0 Å². The van der Waals surface area contributed by atoms with E-state index in [-0.39, 0.29) is 17.6 Å². The van der Waals surface area contributed by atoms with Gasteiger partial charge in [-0.25, -0.2) is 4.98 Å². The maximum absolute atomic E-state index is 13.8. The summed E-state index contributed by atoms with van der Waals surface area (Å²) in [7, 11) is 0. The molecule has 4 bridgehead atoms. The summed E-state index contributed by atoms with van der Waals surface area (Å²) >= 11 is 0. The molecule has 4 aliphatic rings. The molecule has 1 aromatic carbocycles. The van der Waals surface area contributed by atoms with E-state index in [1.165, 1.54) is 51.4 Å². The highest BCUT2D eigenvalue weighted by atomic mass is 16.5. The predicted octanol–water partition coefficient (Wildman–Crippen LogP) is 5.42. The number of ether oxygens (including phenoxy) is 1. The van der Waals surface area contributed by atoms with Gasteiger partial charge < -0.3 is 9.30 Å². The van der Waals surface area contributed by atoms with Gasteiger partial charge in [0.2, 0.25) is 0 Å². The molecule has 2 aliphatic heterocycles. The monoisotopic (exact) mass is 491 g/mol. The number of esters is 1. The van der Waals surface area contributed by atoms with Crippen molar-refractivity contribution in [3.63, 3.8) is 0 Å². The van der Waals surface area contributed by atoms with Crippen molar-refractivity contribution in [3.05, 3.63) is 40.3 Å². The molecule has 0 spiro atoms. The van der Waals surface area contributed by atoms with Gasteiger partial charge in [-0.05, 0) is 88.7 Å². The Labute approximate surface area is 214 Å². The summed E-state index contributed by atoms with van der Waals surface area (Å²) in [5, 5.41) is 0. The largest absolute Gasteiger partial charge is 0.466 e. The van der Waals surface area contributed by atoms with Gasteiger partial charge in [0, 0.05) is 30.6 Å². The van der Waals surface area contributed by atoms with E-state index in [9.17, 15) is 9.59 Å². The first-order chi connectivity index (χ1) is 17.6. The lowest BCUT2D eigenvalue weighted by Crippen LogP contribution is -2.52. The Morgan fingerprint density at radius 2 is 1.67 bits per heavy atom. The molecule has 3 heterocycles. The van der Waals surface area contributed by atoms with Crippen molar-refractivity contribution in [2.24, 2.45) is 11.8 Å². The molecule has 194 valence electrons. The highest BCUT2D eigenvalue weighted by Crippen LogP contribution is 2.48. The van der Waals surface area contributed by atoms with Gasteiger partial charge >= 0.3 is 5.97 Å². The smallest absolute Gasteiger partial charge is 0.305 e. The first-order valence-electron chi connectivity index (χ1n) is 14.5. The van der Waals surface area contributed by atoms with Crippen LogP contribution >= 0.6 is 0 Å². The minimum absolute atomic E-state index is 0.0441. The van der Waals surface area contributed by atoms with Crippen LogP contribution in [0.5, 0.6) is 0 Å². The third kappa shape index (κ3) is 4.62. The molecule has 0 N–H and O–H groups in total. The average molecular weight is 492 g/mol. The number of fused-ring (bicyclic) bond motifs is 5. The third-order valence-corrected chi connectivity index (χ3v) is 9.62. The standard InChI is InChI=1S/C30H41N3O3/c1-2-36-29(34)12-6-10-27-30(35)33(28-11-4-3-9-26(28)31-27)25-18-22-13-14-23(19-25)32(22)24-16-20-7-5-8-21(15-20)17-24/h3-4,9,11,20-25H,2,5-8,10,12-19H2,1H3/t20?,21?,22-,23+,24?,25?. The zero-order valence-electron chi connectivity index (χ0n) is 21.7. The molecular formula is C30H41N3O3. The van der Waals surface area contributed by atoms with Crippen LogP contribution in [-0.2, 0) is 16.0 Å². The normalized spacial score (nSPS) is 32.0. The van der Waals surface area contributed by atoms with Gasteiger partial charge in [0.1, 0.15) is 5.69 Å². The first-order valence-corrected chi connectivity index (χ1v) is 14.5. The van der Waals surface area contributed by atoms with Crippen molar-refractivity contribution in [1.29, 1.82) is 0 Å². The van der Waals surface area contributed by atoms with E-state index < -0.39 is 0 Å². The topological polar surface area (TPSA) is 64.4 Å². The predicted molar refractivity (Wildman–Crippen MR) is 141 cm³/mol. The second-order valence-electron chi connectivity index (χ2n) is 11.9. The van der Waals surface area contributed by atoms with Crippen LogP contribution < -0.4 is 5.56 Å². The lowest BCUT2D eigenvalue weighted by atomic mass is 9.69. The molecule has 3 unspecified atom stereocenters. The molecule has 2 aromatic rings. The van der Waals surface area contributed by atoms with Crippen LogP contribution in [0, 0.1) is 11.8 Å². The molecule has 6 nitrogen and oxygen atoms in total. The zero-order valence-corrected chi connectivity index (χ0v) is 21.7. The fourth-order valence-corrected chi connectivity index (χ4v) is 8.29. The Morgan fingerprint density at radius 1 is 0.944 bits per heavy atom. The van der Waals surface area contributed by atoms with Crippen molar-refractivity contribution in [3.8, 4) is 0 Å². The van der Waals surface area contributed by atoms with Crippen LogP contribution in [0.25, 0.3) is 11.0 Å². The number of carbonyl (C=O) groups is 1. The van der Waals surface area contributed by atoms with Crippen molar-refractivity contribution < 1.29 is 9.53 Å². The van der Waals surface area contributed by atoms with E-state index in [1.54, 1.807) is 0 Å². The Morgan fingerprint density at radius 3 is 2.39 bits per heavy atom. The van der Waals surface area contributed by atoms with Gasteiger partial charge in [0.25, 0.3) is 5.56 Å². The number of para-hydroxylation sites is 2. The molecule has 0 radical (unpaired) electrons. The van der Waals surface area contributed by atoms with Gasteiger partial charge in [-0.2, -0.15) is 0 Å². The van der Waals surface area contributed by atoms with Crippen LogP contribution in [0.15, 0.2) is 29.1 Å². The number of nitrogens with zero attached hydrogens (tertiary/aromatic N) is 3. The fourth-order valence-electron chi connectivity index (χ4n) is 8.29. The lowest BCUT2D eigenvalue weighted by molar-refractivity contribution is -0.143. The summed E-state index contributed by atoms with van der Waals surface area (Å²) in [6.45, 7) is 2.21. The van der Waals surface area contributed by atoms with E-state index in [0.717, 1.165) is 41.8 Å². The van der Waals surface area contributed by atoms with Crippen LogP contribution in [0.1, 0.15) is 95.7 Å². The van der Waals surface area contributed by atoms with E-state index in [0.29, 0.717) is 43.6 Å². The van der Waals surface area contributed by atoms with E-state index in [1.807, 2.05) is 25.1 Å². The minimum atomic E-state index is -0.200. The lowest BCUT2D eigenvalue weighted by Gasteiger charge is -2.49. The second-order valence-corrected chi connectivity index (χ2v) is 11.9. The molecular weight excluding hydrogens is 450 g/mol. The van der Waals surface area contributed by atoms with Gasteiger partial charge in [0.15, 0.2) is 0 Å². The number of aromatic nitrogens is 2. The maximum Gasteiger partial charge on any atom is 0.305 e. The molecule has 6 heteroatoms. The Balaban J connectivity index is 1.24. The van der Waals surface area contributed by atoms with Crippen molar-refractivity contribution >= 4 is 17.0 Å². The molecule has 4 fully saturated rings. The highest BCUT2D eigenvalue weighted by molar-refractivity contribution is 5.75. The minimum Gasteiger partial charge on any atom is -0.466 e. The molecule has 0 amide bonds. The molecule has 2 saturated heterocycles. The van der Waals surface area contributed by atoms with Gasteiger partial charge in [0.05, 0.1) is 17.6 Å². The van der Waals surface area contributed by atoms with Gasteiger partial charge in [-0.15, -0.1) is 0 Å². The number of benzene rings is 1. The summed E-state index contributed by atoms with van der Waals surface area (Å²) in [5.74, 6) is 1.70. The van der Waals surface area contributed by atoms with E-state index in [2.05, 4.69) is 15.5 Å². The average Bonchev–Trinajstić information content (AvgIpc) is 3.14. The second kappa shape index (κ2) is 10.3. The van der Waals surface area contributed by atoms with Gasteiger partial charge in [-0.3, -0.25) is 14.5 Å². The van der Waals surface area contributed by atoms with Crippen molar-refractivity contribution in [2.45, 2.75) is 115 Å². The number of rotatable bonds is 7. The van der Waals surface area contributed by atoms with Crippen molar-refractivity contribution in [2.75, 3.05) is 6.61 Å². The van der Waals surface area contributed by atoms with E-state index >= 15 is 0 Å². The highest BCUT2D eigenvalue weighted by Gasteiger charge is 2.47. The maximum atomic E-state index is 13.8. The fraction of sp³-hybridized carbons (Fsp3) is 0.700. The summed E-state index contributed by atoms with van der Waals surface area (Å²) < 4.78 is 7.15. The third-order valence-electron chi connectivity index (χ3n) is 9.62. The quantitative estimate of drug-likeness (QED) is 0.484. The zero-order chi connectivity index (χ0) is 24.6. The molecule has 1 aromatic heterocycles. The summed E-state index contributed by atoms with van der Waals surface area (Å²) in [6, 6.07) is 10.3. The summed E-state index contributed by atoms with van der Waals surface area (Å²) in [5.41, 5.74) is 2.48. The summed E-state index contributed by atoms with van der Waals surface area (Å²) in [6.07, 6.45) is 14.7. The number of carbonyl (C=O) groups excluding carboxylic acids is 1. The molecule has 5 atom stereocenters. The number of hydrogen-bond acceptors (Lipinski definition) is 5. The van der Waals surface area contributed by atoms with Crippen LogP contribution in [-0.4, -0.2) is 45.2 Å². The number of piperidine rings is 1. The van der Waals surface area contributed by atoms with E-state index in [4.69, 9.17) is 9.72 Å².